The fourth-order valence-electron chi connectivity index (χ4n) is 4.26. The highest BCUT2D eigenvalue weighted by molar-refractivity contribution is 5.70. The van der Waals surface area contributed by atoms with E-state index in [1.54, 1.807) is 26.4 Å². The molecule has 0 heterocycles. The fourth-order valence-corrected chi connectivity index (χ4v) is 4.26. The van der Waals surface area contributed by atoms with Gasteiger partial charge in [-0.25, -0.2) is 4.39 Å². The second kappa shape index (κ2) is 14.5. The molecular formula is C32H41FO5. The molecule has 6 heteroatoms. The largest absolute Gasteiger partial charge is 0.497 e. The molecule has 0 radical (unpaired) electrons. The van der Waals surface area contributed by atoms with Crippen molar-refractivity contribution < 1.29 is 28.5 Å². The summed E-state index contributed by atoms with van der Waals surface area (Å²) in [4.78, 5) is 10.9. The summed E-state index contributed by atoms with van der Waals surface area (Å²) < 4.78 is 32.4. The van der Waals surface area contributed by atoms with Crippen LogP contribution in [0.1, 0.15) is 70.3 Å². The minimum atomic E-state index is -0.830. The lowest BCUT2D eigenvalue weighted by molar-refractivity contribution is -0.136. The summed E-state index contributed by atoms with van der Waals surface area (Å²) in [6.45, 7) is 10.7. The summed E-state index contributed by atoms with van der Waals surface area (Å²) in [5.74, 6) is 0.0864. The first kappa shape index (κ1) is 30.8. The molecule has 3 rings (SSSR count). The third-order valence-corrected chi connectivity index (χ3v) is 6.65. The van der Waals surface area contributed by atoms with E-state index in [0.717, 1.165) is 28.7 Å². The van der Waals surface area contributed by atoms with E-state index in [0.29, 0.717) is 30.1 Å². The first-order valence-electron chi connectivity index (χ1n) is 13.1. The Morgan fingerprint density at radius 3 is 2.32 bits per heavy atom. The van der Waals surface area contributed by atoms with Crippen LogP contribution in [0.2, 0.25) is 0 Å². The van der Waals surface area contributed by atoms with Gasteiger partial charge in [0.25, 0.3) is 0 Å². The second-order valence-electron chi connectivity index (χ2n) is 9.56. The minimum absolute atomic E-state index is 0.0702. The predicted molar refractivity (Wildman–Crippen MR) is 150 cm³/mol. The first-order chi connectivity index (χ1) is 18.2. The summed E-state index contributed by atoms with van der Waals surface area (Å²) in [5.41, 5.74) is 3.71. The number of carbonyl (C=O) groups is 1. The van der Waals surface area contributed by atoms with Gasteiger partial charge in [0, 0.05) is 19.1 Å². The van der Waals surface area contributed by atoms with Gasteiger partial charge in [-0.1, -0.05) is 58.9 Å². The Morgan fingerprint density at radius 2 is 1.68 bits per heavy atom. The molecule has 0 fully saturated rings. The Morgan fingerprint density at radius 1 is 0.947 bits per heavy atom. The fraction of sp³-hybridized carbons (Fsp3) is 0.406. The van der Waals surface area contributed by atoms with Crippen LogP contribution in [0.4, 0.5) is 4.39 Å². The topological polar surface area (TPSA) is 65.0 Å². The third kappa shape index (κ3) is 8.06. The average molecular weight is 525 g/mol. The highest BCUT2D eigenvalue weighted by atomic mass is 19.1. The van der Waals surface area contributed by atoms with Crippen LogP contribution in [0.3, 0.4) is 0 Å². The van der Waals surface area contributed by atoms with E-state index in [2.05, 4.69) is 20.8 Å². The first-order valence-corrected chi connectivity index (χ1v) is 13.1. The predicted octanol–water partition coefficient (Wildman–Crippen LogP) is 8.25. The summed E-state index contributed by atoms with van der Waals surface area (Å²) >= 11 is 0. The lowest BCUT2D eigenvalue weighted by Crippen LogP contribution is -2.24. The maximum atomic E-state index is 15.0. The van der Waals surface area contributed by atoms with Crippen LogP contribution in [0, 0.1) is 11.2 Å². The van der Waals surface area contributed by atoms with Crippen molar-refractivity contribution in [2.75, 3.05) is 14.2 Å². The van der Waals surface area contributed by atoms with Crippen LogP contribution >= 0.6 is 0 Å². The van der Waals surface area contributed by atoms with Crippen molar-refractivity contribution in [3.05, 3.63) is 83.2 Å². The third-order valence-electron chi connectivity index (χ3n) is 6.65. The Balaban J connectivity index is 0.00000247. The summed E-state index contributed by atoms with van der Waals surface area (Å²) in [6, 6.07) is 18.1. The number of aliphatic carboxylic acids is 1. The summed E-state index contributed by atoms with van der Waals surface area (Å²) in [5, 5.41) is 8.94. The Hall–Kier alpha value is -3.38. The molecule has 3 aromatic carbocycles. The molecule has 206 valence electrons. The maximum Gasteiger partial charge on any atom is 0.303 e. The lowest BCUT2D eigenvalue weighted by atomic mass is 9.77. The van der Waals surface area contributed by atoms with E-state index < -0.39 is 5.97 Å². The molecule has 0 spiro atoms. The molecule has 0 amide bonds. The number of methoxy groups -OCH3 is 2. The molecule has 38 heavy (non-hydrogen) atoms. The van der Waals surface area contributed by atoms with Crippen LogP contribution in [0.15, 0.2) is 60.7 Å². The number of aryl methyl sites for hydroxylation is 1. The molecule has 0 aliphatic rings. The van der Waals surface area contributed by atoms with Crippen molar-refractivity contribution in [3.8, 4) is 22.6 Å². The molecule has 3 aromatic rings. The molecule has 1 N–H and O–H groups in total. The van der Waals surface area contributed by atoms with E-state index in [-0.39, 0.29) is 23.8 Å². The Bertz CT molecular complexity index is 1190. The number of benzene rings is 3. The van der Waals surface area contributed by atoms with E-state index in [4.69, 9.17) is 19.3 Å². The van der Waals surface area contributed by atoms with Crippen LogP contribution in [-0.2, 0) is 22.6 Å². The van der Waals surface area contributed by atoms with E-state index >= 15 is 0 Å². The van der Waals surface area contributed by atoms with E-state index in [1.807, 2.05) is 56.3 Å². The van der Waals surface area contributed by atoms with Crippen LogP contribution in [0.25, 0.3) is 11.1 Å². The van der Waals surface area contributed by atoms with Crippen molar-refractivity contribution in [2.45, 2.75) is 66.6 Å². The smallest absolute Gasteiger partial charge is 0.303 e. The van der Waals surface area contributed by atoms with Gasteiger partial charge in [0.05, 0.1) is 13.2 Å². The van der Waals surface area contributed by atoms with Crippen molar-refractivity contribution >= 4 is 5.97 Å². The Kier molecular flexibility index (Phi) is 11.8. The van der Waals surface area contributed by atoms with E-state index in [9.17, 15) is 9.18 Å². The molecule has 0 aliphatic heterocycles. The van der Waals surface area contributed by atoms with Gasteiger partial charge in [-0.3, -0.25) is 4.79 Å². The molecule has 5 nitrogen and oxygen atoms in total. The quantitative estimate of drug-likeness (QED) is 0.258. The number of carboxylic acid groups (broad SMARTS) is 1. The SMILES string of the molecule is CC.CCC(C)(C)C(OC)c1cc(COc2cccc(CCC(=O)O)c2)ccc1-c1cc(OC)ccc1F. The van der Waals surface area contributed by atoms with Crippen molar-refractivity contribution in [3.63, 3.8) is 0 Å². The normalized spacial score (nSPS) is 11.8. The van der Waals surface area contributed by atoms with Crippen molar-refractivity contribution in [1.82, 2.24) is 0 Å². The summed E-state index contributed by atoms with van der Waals surface area (Å²) in [6.07, 6.45) is 1.11. The molecular weight excluding hydrogens is 483 g/mol. The average Bonchev–Trinajstić information content (AvgIpc) is 2.93. The molecule has 0 aliphatic carbocycles. The number of ether oxygens (including phenoxy) is 3. The van der Waals surface area contributed by atoms with Gasteiger partial charge in [0.15, 0.2) is 0 Å². The molecule has 1 unspecified atom stereocenters. The number of halogens is 1. The van der Waals surface area contributed by atoms with Crippen molar-refractivity contribution in [1.29, 1.82) is 0 Å². The van der Waals surface area contributed by atoms with Crippen LogP contribution < -0.4 is 9.47 Å². The van der Waals surface area contributed by atoms with Gasteiger partial charge in [0.1, 0.15) is 23.9 Å². The molecule has 0 aromatic heterocycles. The number of hydrogen-bond acceptors (Lipinski definition) is 4. The van der Waals surface area contributed by atoms with Gasteiger partial charge in [-0.15, -0.1) is 0 Å². The standard InChI is InChI=1S/C30H35FO5.C2H6/c1-6-30(2,3)29(35-5)26-17-21(10-13-24(26)25-18-22(34-4)12-14-27(25)31)19-36-23-9-7-8-20(16-23)11-15-28(32)33;1-2/h7-10,12-14,16-18,29H,6,11,15,19H2,1-5H3,(H,32,33);1-2H3. The van der Waals surface area contributed by atoms with E-state index in [1.165, 1.54) is 6.07 Å². The van der Waals surface area contributed by atoms with Gasteiger partial charge >= 0.3 is 5.97 Å². The molecule has 1 atom stereocenters. The second-order valence-corrected chi connectivity index (χ2v) is 9.56. The number of hydrogen-bond donors (Lipinski definition) is 1. The van der Waals surface area contributed by atoms with Crippen molar-refractivity contribution in [2.24, 2.45) is 5.41 Å². The zero-order chi connectivity index (χ0) is 28.3. The molecule has 0 saturated carbocycles. The Labute approximate surface area is 226 Å². The summed E-state index contributed by atoms with van der Waals surface area (Å²) in [7, 11) is 3.24. The van der Waals surface area contributed by atoms with Gasteiger partial charge in [0.2, 0.25) is 0 Å². The van der Waals surface area contributed by atoms with Gasteiger partial charge in [-0.2, -0.15) is 0 Å². The molecule has 0 saturated heterocycles. The number of carboxylic acids is 1. The number of rotatable bonds is 12. The lowest BCUT2D eigenvalue weighted by Gasteiger charge is -2.34. The zero-order valence-electron chi connectivity index (χ0n) is 23.6. The van der Waals surface area contributed by atoms with Gasteiger partial charge < -0.3 is 19.3 Å². The monoisotopic (exact) mass is 524 g/mol. The molecule has 0 bridgehead atoms. The highest BCUT2D eigenvalue weighted by Crippen LogP contribution is 2.44. The van der Waals surface area contributed by atoms with Crippen LogP contribution in [-0.4, -0.2) is 25.3 Å². The van der Waals surface area contributed by atoms with Gasteiger partial charge in [-0.05, 0) is 76.9 Å². The minimum Gasteiger partial charge on any atom is -0.497 e. The zero-order valence-corrected chi connectivity index (χ0v) is 23.6. The highest BCUT2D eigenvalue weighted by Gasteiger charge is 2.32. The maximum absolute atomic E-state index is 15.0. The van der Waals surface area contributed by atoms with Crippen LogP contribution in [0.5, 0.6) is 11.5 Å².